The molecule has 0 atom stereocenters. The predicted molar refractivity (Wildman–Crippen MR) is 99.9 cm³/mol. The van der Waals surface area contributed by atoms with Crippen molar-refractivity contribution in [3.8, 4) is 5.75 Å². The summed E-state index contributed by atoms with van der Waals surface area (Å²) in [6.45, 7) is 4.53. The normalized spacial score (nSPS) is 14.9. The predicted octanol–water partition coefficient (Wildman–Crippen LogP) is 2.15. The lowest BCUT2D eigenvalue weighted by atomic mass is 10.1. The van der Waals surface area contributed by atoms with E-state index in [1.165, 1.54) is 11.8 Å². The molecule has 1 fully saturated rings. The monoisotopic (exact) mass is 372 g/mol. The molecule has 0 spiro atoms. The van der Waals surface area contributed by atoms with Gasteiger partial charge in [-0.1, -0.05) is 11.8 Å². The van der Waals surface area contributed by atoms with Gasteiger partial charge in [-0.15, -0.1) is 10.2 Å². The molecule has 1 aromatic carbocycles. The summed E-state index contributed by atoms with van der Waals surface area (Å²) < 4.78 is 12.7. The molecule has 1 aliphatic rings. The number of hydrogen-bond acceptors (Lipinski definition) is 6. The SMILES string of the molecule is COc1ccc2cc(C)c3nnc(SCC(=O)N4CCOCC4)n3c2c1. The number of morpholine rings is 1. The van der Waals surface area contributed by atoms with Crippen molar-refractivity contribution in [2.75, 3.05) is 39.2 Å². The number of pyridine rings is 1. The number of methoxy groups -OCH3 is 1. The molecule has 2 aromatic heterocycles. The molecule has 136 valence electrons. The van der Waals surface area contributed by atoms with Gasteiger partial charge in [0.15, 0.2) is 10.8 Å². The molecule has 0 aliphatic carbocycles. The van der Waals surface area contributed by atoms with E-state index in [-0.39, 0.29) is 5.91 Å². The topological polar surface area (TPSA) is 69.0 Å². The van der Waals surface area contributed by atoms with E-state index in [4.69, 9.17) is 9.47 Å². The Morgan fingerprint density at radius 2 is 2.08 bits per heavy atom. The summed E-state index contributed by atoms with van der Waals surface area (Å²) in [6.07, 6.45) is 0. The van der Waals surface area contributed by atoms with Crippen molar-refractivity contribution in [3.05, 3.63) is 29.8 Å². The molecule has 3 aromatic rings. The lowest BCUT2D eigenvalue weighted by molar-refractivity contribution is -0.132. The van der Waals surface area contributed by atoms with Crippen LogP contribution in [0.3, 0.4) is 0 Å². The minimum atomic E-state index is 0.101. The summed E-state index contributed by atoms with van der Waals surface area (Å²) in [6, 6.07) is 8.02. The fraction of sp³-hybridized carbons (Fsp3) is 0.389. The van der Waals surface area contributed by atoms with Crippen LogP contribution in [0.1, 0.15) is 5.56 Å². The van der Waals surface area contributed by atoms with Crippen LogP contribution in [0.5, 0.6) is 5.75 Å². The van der Waals surface area contributed by atoms with Gasteiger partial charge < -0.3 is 14.4 Å². The first-order valence-corrected chi connectivity index (χ1v) is 9.47. The van der Waals surface area contributed by atoms with Gasteiger partial charge in [0.25, 0.3) is 0 Å². The van der Waals surface area contributed by atoms with Crippen molar-refractivity contribution in [3.63, 3.8) is 0 Å². The number of ether oxygens (including phenoxy) is 2. The molecule has 0 unspecified atom stereocenters. The van der Waals surface area contributed by atoms with E-state index in [2.05, 4.69) is 16.3 Å². The van der Waals surface area contributed by atoms with Crippen molar-refractivity contribution in [2.45, 2.75) is 12.1 Å². The molecule has 8 heteroatoms. The quantitative estimate of drug-likeness (QED) is 0.654. The van der Waals surface area contributed by atoms with Crippen LogP contribution in [-0.2, 0) is 9.53 Å². The molecular weight excluding hydrogens is 352 g/mol. The Balaban J connectivity index is 1.67. The second-order valence-corrected chi connectivity index (χ2v) is 7.12. The van der Waals surface area contributed by atoms with E-state index in [1.807, 2.05) is 34.4 Å². The summed E-state index contributed by atoms with van der Waals surface area (Å²) in [4.78, 5) is 14.3. The largest absolute Gasteiger partial charge is 0.497 e. The van der Waals surface area contributed by atoms with Crippen LogP contribution < -0.4 is 4.74 Å². The molecule has 3 heterocycles. The zero-order valence-electron chi connectivity index (χ0n) is 14.8. The van der Waals surface area contributed by atoms with Gasteiger partial charge in [-0.3, -0.25) is 9.20 Å². The summed E-state index contributed by atoms with van der Waals surface area (Å²) in [7, 11) is 1.65. The molecule has 0 bridgehead atoms. The number of amides is 1. The number of aryl methyl sites for hydroxylation is 1. The maximum Gasteiger partial charge on any atom is 0.233 e. The summed E-state index contributed by atoms with van der Waals surface area (Å²) in [5, 5.41) is 10.4. The van der Waals surface area contributed by atoms with Gasteiger partial charge in [0, 0.05) is 19.2 Å². The van der Waals surface area contributed by atoms with Gasteiger partial charge in [-0.05, 0) is 36.1 Å². The number of hydrogen-bond donors (Lipinski definition) is 0. The van der Waals surface area contributed by atoms with E-state index >= 15 is 0 Å². The van der Waals surface area contributed by atoms with E-state index < -0.39 is 0 Å². The number of benzene rings is 1. The van der Waals surface area contributed by atoms with Gasteiger partial charge in [0.1, 0.15) is 5.75 Å². The summed E-state index contributed by atoms with van der Waals surface area (Å²) in [5.41, 5.74) is 2.81. The van der Waals surface area contributed by atoms with Gasteiger partial charge >= 0.3 is 0 Å². The molecule has 7 nitrogen and oxygen atoms in total. The first-order valence-electron chi connectivity index (χ1n) is 8.48. The van der Waals surface area contributed by atoms with E-state index in [1.54, 1.807) is 7.11 Å². The molecule has 1 amide bonds. The number of thioether (sulfide) groups is 1. The van der Waals surface area contributed by atoms with E-state index in [9.17, 15) is 4.79 Å². The first kappa shape index (κ1) is 17.1. The highest BCUT2D eigenvalue weighted by atomic mass is 32.2. The number of fused-ring (bicyclic) bond motifs is 3. The maximum atomic E-state index is 12.4. The fourth-order valence-electron chi connectivity index (χ4n) is 3.13. The standard InChI is InChI=1S/C18H20N4O3S/c1-12-9-13-3-4-14(24-2)10-15(13)22-17(12)19-20-18(22)26-11-16(23)21-5-7-25-8-6-21/h3-4,9-10H,5-8,11H2,1-2H3. The van der Waals surface area contributed by atoms with Crippen molar-refractivity contribution in [1.29, 1.82) is 0 Å². The highest BCUT2D eigenvalue weighted by Crippen LogP contribution is 2.28. The highest BCUT2D eigenvalue weighted by Gasteiger charge is 2.19. The van der Waals surface area contributed by atoms with Crippen LogP contribution in [0.15, 0.2) is 29.4 Å². The van der Waals surface area contributed by atoms with Gasteiger partial charge in [0.05, 0.1) is 31.6 Å². The Labute approximate surface area is 155 Å². The number of aromatic nitrogens is 3. The third kappa shape index (κ3) is 3.10. The molecular formula is C18H20N4O3S. The lowest BCUT2D eigenvalue weighted by Gasteiger charge is -2.26. The third-order valence-electron chi connectivity index (χ3n) is 4.53. The Morgan fingerprint density at radius 3 is 2.85 bits per heavy atom. The molecule has 1 saturated heterocycles. The van der Waals surface area contributed by atoms with Crippen LogP contribution in [0.4, 0.5) is 0 Å². The lowest BCUT2D eigenvalue weighted by Crippen LogP contribution is -2.41. The minimum Gasteiger partial charge on any atom is -0.497 e. The minimum absolute atomic E-state index is 0.101. The van der Waals surface area contributed by atoms with Crippen LogP contribution in [-0.4, -0.2) is 64.6 Å². The van der Waals surface area contributed by atoms with Gasteiger partial charge in [-0.25, -0.2) is 0 Å². The average Bonchev–Trinajstić information content (AvgIpc) is 3.11. The third-order valence-corrected chi connectivity index (χ3v) is 5.44. The highest BCUT2D eigenvalue weighted by molar-refractivity contribution is 7.99. The Kier molecular flexibility index (Phi) is 4.69. The smallest absolute Gasteiger partial charge is 0.233 e. The number of rotatable bonds is 4. The fourth-order valence-corrected chi connectivity index (χ4v) is 3.98. The van der Waals surface area contributed by atoms with E-state index in [0.717, 1.165) is 27.9 Å². The van der Waals surface area contributed by atoms with Crippen molar-refractivity contribution < 1.29 is 14.3 Å². The second kappa shape index (κ2) is 7.13. The van der Waals surface area contributed by atoms with Crippen LogP contribution in [0, 0.1) is 6.92 Å². The molecule has 4 rings (SSSR count). The second-order valence-electron chi connectivity index (χ2n) is 6.18. The Hall–Kier alpha value is -2.32. The first-order chi connectivity index (χ1) is 12.7. The van der Waals surface area contributed by atoms with Crippen molar-refractivity contribution in [1.82, 2.24) is 19.5 Å². The average molecular weight is 372 g/mol. The van der Waals surface area contributed by atoms with Crippen molar-refractivity contribution in [2.24, 2.45) is 0 Å². The molecule has 0 saturated carbocycles. The molecule has 26 heavy (non-hydrogen) atoms. The number of carbonyl (C=O) groups is 1. The molecule has 0 radical (unpaired) electrons. The van der Waals surface area contributed by atoms with Crippen LogP contribution in [0.25, 0.3) is 16.6 Å². The molecule has 0 N–H and O–H groups in total. The molecule has 1 aliphatic heterocycles. The number of carbonyl (C=O) groups excluding carboxylic acids is 1. The van der Waals surface area contributed by atoms with Crippen LogP contribution in [0.2, 0.25) is 0 Å². The van der Waals surface area contributed by atoms with Crippen molar-refractivity contribution >= 4 is 34.2 Å². The zero-order chi connectivity index (χ0) is 18.1. The summed E-state index contributed by atoms with van der Waals surface area (Å²) >= 11 is 1.41. The Bertz CT molecular complexity index is 966. The maximum absolute atomic E-state index is 12.4. The number of nitrogens with zero attached hydrogens (tertiary/aromatic N) is 4. The van der Waals surface area contributed by atoms with Crippen LogP contribution >= 0.6 is 11.8 Å². The zero-order valence-corrected chi connectivity index (χ0v) is 15.6. The van der Waals surface area contributed by atoms with Gasteiger partial charge in [-0.2, -0.15) is 0 Å². The van der Waals surface area contributed by atoms with Gasteiger partial charge in [0.2, 0.25) is 5.91 Å². The Morgan fingerprint density at radius 1 is 1.27 bits per heavy atom. The van der Waals surface area contributed by atoms with E-state index in [0.29, 0.717) is 37.2 Å². The summed E-state index contributed by atoms with van der Waals surface area (Å²) in [5.74, 6) is 1.21.